The number of carbonyl (C=O) groups is 1. The lowest BCUT2D eigenvalue weighted by molar-refractivity contribution is 0.0240. The molecule has 1 atom stereocenters. The standard InChI is InChI=1S/C15H23NO2/c1-3-5-10-15(18,4-2)14(17)13-8-6-12(11-16)7-9-13/h6-9,18H,3-5,10-11,16H2,1-2H3. The van der Waals surface area contributed by atoms with Crippen molar-refractivity contribution in [3.8, 4) is 0 Å². The van der Waals surface area contributed by atoms with Crippen molar-refractivity contribution in [1.82, 2.24) is 0 Å². The van der Waals surface area contributed by atoms with E-state index in [9.17, 15) is 9.90 Å². The Morgan fingerprint density at radius 3 is 2.33 bits per heavy atom. The molecule has 0 radical (unpaired) electrons. The summed E-state index contributed by atoms with van der Waals surface area (Å²) in [6.45, 7) is 4.36. The van der Waals surface area contributed by atoms with Gasteiger partial charge in [-0.15, -0.1) is 0 Å². The molecule has 3 nitrogen and oxygen atoms in total. The molecule has 3 N–H and O–H groups in total. The molecule has 0 saturated heterocycles. The van der Waals surface area contributed by atoms with Crippen LogP contribution in [0.3, 0.4) is 0 Å². The molecule has 1 unspecified atom stereocenters. The molecule has 100 valence electrons. The maximum absolute atomic E-state index is 12.3. The number of unbranched alkanes of at least 4 members (excludes halogenated alkanes) is 1. The summed E-state index contributed by atoms with van der Waals surface area (Å²) < 4.78 is 0. The first-order valence-electron chi connectivity index (χ1n) is 6.63. The highest BCUT2D eigenvalue weighted by Gasteiger charge is 2.33. The van der Waals surface area contributed by atoms with Crippen molar-refractivity contribution >= 4 is 5.78 Å². The molecule has 0 aliphatic rings. The van der Waals surface area contributed by atoms with Crippen molar-refractivity contribution < 1.29 is 9.90 Å². The second-order valence-corrected chi connectivity index (χ2v) is 4.72. The normalized spacial score (nSPS) is 14.2. The van der Waals surface area contributed by atoms with Crippen LogP contribution in [0.5, 0.6) is 0 Å². The monoisotopic (exact) mass is 249 g/mol. The van der Waals surface area contributed by atoms with Crippen LogP contribution in [-0.2, 0) is 6.54 Å². The van der Waals surface area contributed by atoms with E-state index in [1.807, 2.05) is 19.1 Å². The average molecular weight is 249 g/mol. The van der Waals surface area contributed by atoms with Crippen LogP contribution in [0.1, 0.15) is 55.5 Å². The van der Waals surface area contributed by atoms with Crippen LogP contribution in [0.15, 0.2) is 24.3 Å². The van der Waals surface area contributed by atoms with Gasteiger partial charge in [0.15, 0.2) is 5.78 Å². The maximum atomic E-state index is 12.3. The maximum Gasteiger partial charge on any atom is 0.194 e. The molecule has 0 bridgehead atoms. The first-order chi connectivity index (χ1) is 8.57. The summed E-state index contributed by atoms with van der Waals surface area (Å²) in [6.07, 6.45) is 2.81. The first kappa shape index (κ1) is 14.9. The van der Waals surface area contributed by atoms with E-state index in [0.717, 1.165) is 18.4 Å². The number of ketones is 1. The van der Waals surface area contributed by atoms with Gasteiger partial charge < -0.3 is 10.8 Å². The Morgan fingerprint density at radius 2 is 1.89 bits per heavy atom. The zero-order valence-electron chi connectivity index (χ0n) is 11.3. The SMILES string of the molecule is CCCCC(O)(CC)C(=O)c1ccc(CN)cc1. The molecule has 3 heteroatoms. The fourth-order valence-electron chi connectivity index (χ4n) is 1.98. The highest BCUT2D eigenvalue weighted by Crippen LogP contribution is 2.24. The molecule has 0 aromatic heterocycles. The van der Waals surface area contributed by atoms with Gasteiger partial charge in [0.1, 0.15) is 5.60 Å². The van der Waals surface area contributed by atoms with Crippen molar-refractivity contribution in [1.29, 1.82) is 0 Å². The molecular formula is C15H23NO2. The van der Waals surface area contributed by atoms with E-state index in [1.54, 1.807) is 12.1 Å². The second-order valence-electron chi connectivity index (χ2n) is 4.72. The molecule has 18 heavy (non-hydrogen) atoms. The fraction of sp³-hybridized carbons (Fsp3) is 0.533. The van der Waals surface area contributed by atoms with Crippen molar-refractivity contribution in [2.45, 2.75) is 51.7 Å². The van der Waals surface area contributed by atoms with Gasteiger partial charge in [0, 0.05) is 12.1 Å². The van der Waals surface area contributed by atoms with Crippen molar-refractivity contribution in [2.24, 2.45) is 5.73 Å². The number of benzene rings is 1. The Kier molecular flexibility index (Phi) is 5.51. The van der Waals surface area contributed by atoms with E-state index in [-0.39, 0.29) is 5.78 Å². The third-order valence-corrected chi connectivity index (χ3v) is 3.40. The molecule has 0 saturated carbocycles. The van der Waals surface area contributed by atoms with Crippen LogP contribution in [0.4, 0.5) is 0 Å². The average Bonchev–Trinajstić information content (AvgIpc) is 2.44. The van der Waals surface area contributed by atoms with Crippen LogP contribution >= 0.6 is 0 Å². The van der Waals surface area contributed by atoms with Crippen LogP contribution in [0, 0.1) is 0 Å². The molecular weight excluding hydrogens is 226 g/mol. The number of hydrogen-bond donors (Lipinski definition) is 2. The van der Waals surface area contributed by atoms with E-state index in [1.165, 1.54) is 0 Å². The summed E-state index contributed by atoms with van der Waals surface area (Å²) in [5.74, 6) is -0.179. The summed E-state index contributed by atoms with van der Waals surface area (Å²) in [7, 11) is 0. The minimum Gasteiger partial charge on any atom is -0.382 e. The quantitative estimate of drug-likeness (QED) is 0.730. The Bertz CT molecular complexity index is 386. The topological polar surface area (TPSA) is 63.3 Å². The van der Waals surface area contributed by atoms with E-state index in [2.05, 4.69) is 6.92 Å². The highest BCUT2D eigenvalue weighted by molar-refractivity contribution is 6.02. The van der Waals surface area contributed by atoms with E-state index in [0.29, 0.717) is 24.9 Å². The highest BCUT2D eigenvalue weighted by atomic mass is 16.3. The van der Waals surface area contributed by atoms with Crippen molar-refractivity contribution in [3.05, 3.63) is 35.4 Å². The van der Waals surface area contributed by atoms with Gasteiger partial charge in [-0.25, -0.2) is 0 Å². The van der Waals surface area contributed by atoms with Gasteiger partial charge in [0.2, 0.25) is 0 Å². The van der Waals surface area contributed by atoms with Gasteiger partial charge in [0.25, 0.3) is 0 Å². The predicted molar refractivity (Wildman–Crippen MR) is 73.4 cm³/mol. The van der Waals surface area contributed by atoms with Gasteiger partial charge in [0.05, 0.1) is 0 Å². The van der Waals surface area contributed by atoms with Gasteiger partial charge in [-0.3, -0.25) is 4.79 Å². The minimum atomic E-state index is -1.22. The number of rotatable bonds is 7. The Labute approximate surface area is 109 Å². The third kappa shape index (κ3) is 3.40. The lowest BCUT2D eigenvalue weighted by atomic mass is 9.85. The number of Topliss-reactive ketones (excluding diaryl/α,β-unsaturated/α-hetero) is 1. The summed E-state index contributed by atoms with van der Waals surface area (Å²) in [5.41, 5.74) is 5.85. The molecule has 0 heterocycles. The summed E-state index contributed by atoms with van der Waals surface area (Å²) in [5, 5.41) is 10.4. The molecule has 1 aromatic rings. The molecule has 0 aliphatic heterocycles. The zero-order valence-corrected chi connectivity index (χ0v) is 11.3. The number of carbonyl (C=O) groups excluding carboxylic acids is 1. The van der Waals surface area contributed by atoms with Crippen molar-refractivity contribution in [2.75, 3.05) is 0 Å². The van der Waals surface area contributed by atoms with Crippen molar-refractivity contribution in [3.63, 3.8) is 0 Å². The van der Waals surface area contributed by atoms with E-state index < -0.39 is 5.60 Å². The van der Waals surface area contributed by atoms with Gasteiger partial charge in [-0.2, -0.15) is 0 Å². The molecule has 1 rings (SSSR count). The van der Waals surface area contributed by atoms with Gasteiger partial charge >= 0.3 is 0 Å². The number of aliphatic hydroxyl groups is 1. The summed E-state index contributed by atoms with van der Waals surface area (Å²) >= 11 is 0. The largest absolute Gasteiger partial charge is 0.382 e. The molecule has 1 aromatic carbocycles. The van der Waals surface area contributed by atoms with Crippen LogP contribution in [0.2, 0.25) is 0 Å². The van der Waals surface area contributed by atoms with Crippen LogP contribution in [-0.4, -0.2) is 16.5 Å². The predicted octanol–water partition coefficient (Wildman–Crippen LogP) is 2.66. The van der Waals surface area contributed by atoms with Gasteiger partial charge in [-0.1, -0.05) is 51.0 Å². The smallest absolute Gasteiger partial charge is 0.194 e. The summed E-state index contributed by atoms with van der Waals surface area (Å²) in [4.78, 5) is 12.3. The second kappa shape index (κ2) is 6.66. The lowest BCUT2D eigenvalue weighted by Gasteiger charge is -2.25. The lowest BCUT2D eigenvalue weighted by Crippen LogP contribution is -2.38. The summed E-state index contributed by atoms with van der Waals surface area (Å²) in [6, 6.07) is 7.17. The van der Waals surface area contributed by atoms with Crippen LogP contribution < -0.4 is 5.73 Å². The molecule has 0 spiro atoms. The third-order valence-electron chi connectivity index (χ3n) is 3.40. The number of hydrogen-bond acceptors (Lipinski definition) is 3. The number of nitrogens with two attached hydrogens (primary N) is 1. The Hall–Kier alpha value is -1.19. The molecule has 0 fully saturated rings. The molecule has 0 aliphatic carbocycles. The molecule has 0 amide bonds. The zero-order chi connectivity index (χ0) is 13.6. The Balaban J connectivity index is 2.88. The van der Waals surface area contributed by atoms with Crippen LogP contribution in [0.25, 0.3) is 0 Å². The first-order valence-corrected chi connectivity index (χ1v) is 6.63. The fourth-order valence-corrected chi connectivity index (χ4v) is 1.98. The Morgan fingerprint density at radius 1 is 1.28 bits per heavy atom. The van der Waals surface area contributed by atoms with E-state index >= 15 is 0 Å². The van der Waals surface area contributed by atoms with Gasteiger partial charge in [-0.05, 0) is 18.4 Å². The minimum absolute atomic E-state index is 0.179. The van der Waals surface area contributed by atoms with E-state index in [4.69, 9.17) is 5.73 Å².